The second-order valence-corrected chi connectivity index (χ2v) is 11.4. The van der Waals surface area contributed by atoms with Gasteiger partial charge in [-0.05, 0) is 52.9 Å². The van der Waals surface area contributed by atoms with Gasteiger partial charge in [-0.25, -0.2) is 4.79 Å². The Labute approximate surface area is 257 Å². The van der Waals surface area contributed by atoms with Crippen LogP contribution in [0.15, 0.2) is 102 Å². The zero-order chi connectivity index (χ0) is 30.0. The van der Waals surface area contributed by atoms with Crippen LogP contribution in [-0.2, 0) is 22.6 Å². The average Bonchev–Trinajstić information content (AvgIpc) is 3.07. The molecule has 1 heterocycles. The van der Waals surface area contributed by atoms with Crippen LogP contribution in [0.1, 0.15) is 48.0 Å². The second-order valence-electron chi connectivity index (χ2n) is 10.3. The Balaban J connectivity index is 1.32. The summed E-state index contributed by atoms with van der Waals surface area (Å²) < 4.78 is 18.6. The fraction of sp³-hybridized carbons (Fsp3) is 0.286. The second kappa shape index (κ2) is 15.1. The molecule has 224 valence electrons. The van der Waals surface area contributed by atoms with Gasteiger partial charge in [0.05, 0.1) is 25.9 Å². The highest BCUT2D eigenvalue weighted by Gasteiger charge is 2.32. The quantitative estimate of drug-likeness (QED) is 0.161. The van der Waals surface area contributed by atoms with E-state index in [1.54, 1.807) is 18.9 Å². The summed E-state index contributed by atoms with van der Waals surface area (Å²) in [4.78, 5) is 12.9. The Morgan fingerprint density at radius 2 is 1.65 bits per heavy atom. The highest BCUT2D eigenvalue weighted by molar-refractivity contribution is 7.99. The molecule has 0 spiro atoms. The lowest BCUT2D eigenvalue weighted by Gasteiger charge is -2.36. The first-order chi connectivity index (χ1) is 21.1. The van der Waals surface area contributed by atoms with E-state index in [2.05, 4.69) is 53.1 Å². The Morgan fingerprint density at radius 3 is 2.40 bits per heavy atom. The molecule has 0 aliphatic carbocycles. The predicted octanol–water partition coefficient (Wildman–Crippen LogP) is 7.01. The van der Waals surface area contributed by atoms with E-state index in [0.717, 1.165) is 49.8 Å². The van der Waals surface area contributed by atoms with Crippen molar-refractivity contribution in [3.63, 3.8) is 0 Å². The Kier molecular flexibility index (Phi) is 10.7. The summed E-state index contributed by atoms with van der Waals surface area (Å²) in [5.41, 5.74) is 6.04. The number of aliphatic hydroxyl groups is 1. The standard InChI is InChI=1S/C35H38N2O5S/c1-3-36-35(39)37-21-25-7-6-8-29(19-25)26-15-17-28(18-16-26)34-41-30(23-43-33-10-5-4-9-31(33)40-2)20-32(42-34)27-13-11-24(22-38)12-14-27/h4-19,30,32,34,38H,3,20-23H2,1-2H3,(H2,36,37,39)/t30-,32+,34+/m0/s1. The number of benzene rings is 4. The van der Waals surface area contributed by atoms with E-state index in [-0.39, 0.29) is 24.8 Å². The average molecular weight is 599 g/mol. The molecule has 43 heavy (non-hydrogen) atoms. The smallest absolute Gasteiger partial charge is 0.315 e. The molecule has 0 aromatic heterocycles. The number of para-hydroxylation sites is 1. The Bertz CT molecular complexity index is 1480. The third-order valence-electron chi connectivity index (χ3n) is 7.34. The number of carbonyl (C=O) groups is 1. The van der Waals surface area contributed by atoms with Gasteiger partial charge in [0.1, 0.15) is 5.75 Å². The maximum Gasteiger partial charge on any atom is 0.315 e. The van der Waals surface area contributed by atoms with E-state index in [4.69, 9.17) is 14.2 Å². The largest absolute Gasteiger partial charge is 0.496 e. The lowest BCUT2D eigenvalue weighted by atomic mass is 9.99. The minimum Gasteiger partial charge on any atom is -0.496 e. The van der Waals surface area contributed by atoms with Crippen LogP contribution in [0.4, 0.5) is 4.79 Å². The third-order valence-corrected chi connectivity index (χ3v) is 8.53. The van der Waals surface area contributed by atoms with Gasteiger partial charge in [-0.3, -0.25) is 0 Å². The van der Waals surface area contributed by atoms with Crippen LogP contribution in [0.3, 0.4) is 0 Å². The van der Waals surface area contributed by atoms with Gasteiger partial charge in [0.15, 0.2) is 6.29 Å². The van der Waals surface area contributed by atoms with Crippen molar-refractivity contribution in [3.8, 4) is 16.9 Å². The van der Waals surface area contributed by atoms with Crippen molar-refractivity contribution in [3.05, 3.63) is 119 Å². The van der Waals surface area contributed by atoms with Gasteiger partial charge >= 0.3 is 6.03 Å². The molecular formula is C35H38N2O5S. The van der Waals surface area contributed by atoms with Crippen molar-refractivity contribution >= 4 is 17.8 Å². The lowest BCUT2D eigenvalue weighted by Crippen LogP contribution is -2.34. The topological polar surface area (TPSA) is 89.1 Å². The molecule has 1 aliphatic rings. The van der Waals surface area contributed by atoms with Crippen molar-refractivity contribution in [2.75, 3.05) is 19.4 Å². The fourth-order valence-electron chi connectivity index (χ4n) is 5.04. The van der Waals surface area contributed by atoms with Gasteiger partial charge in [0, 0.05) is 35.7 Å². The summed E-state index contributed by atoms with van der Waals surface area (Å²) in [5, 5.41) is 15.1. The van der Waals surface area contributed by atoms with Crippen LogP contribution in [0.5, 0.6) is 5.75 Å². The molecule has 0 unspecified atom stereocenters. The molecular weight excluding hydrogens is 560 g/mol. The molecule has 0 bridgehead atoms. The SMILES string of the molecule is CCNC(=O)NCc1cccc(-c2ccc([C@@H]3O[C@H](CSc4ccccc4OC)C[C@H](c4ccc(CO)cc4)O3)cc2)c1. The van der Waals surface area contributed by atoms with Crippen LogP contribution in [0.2, 0.25) is 0 Å². The van der Waals surface area contributed by atoms with Crippen LogP contribution in [0.25, 0.3) is 11.1 Å². The monoisotopic (exact) mass is 598 g/mol. The summed E-state index contributed by atoms with van der Waals surface area (Å²) >= 11 is 1.72. The zero-order valence-corrected chi connectivity index (χ0v) is 25.3. The maximum atomic E-state index is 11.8. The first-order valence-corrected chi connectivity index (χ1v) is 15.5. The summed E-state index contributed by atoms with van der Waals surface area (Å²) in [6.45, 7) is 2.95. The first-order valence-electron chi connectivity index (χ1n) is 14.5. The van der Waals surface area contributed by atoms with Crippen LogP contribution < -0.4 is 15.4 Å². The normalized spacial score (nSPS) is 18.2. The highest BCUT2D eigenvalue weighted by atomic mass is 32.2. The zero-order valence-electron chi connectivity index (χ0n) is 24.5. The molecule has 2 amide bonds. The van der Waals surface area contributed by atoms with Gasteiger partial charge in [0.25, 0.3) is 0 Å². The number of amides is 2. The molecule has 1 fully saturated rings. The molecule has 3 atom stereocenters. The summed E-state index contributed by atoms with van der Waals surface area (Å²) in [6.07, 6.45) is -0.0126. The van der Waals surface area contributed by atoms with Crippen LogP contribution >= 0.6 is 11.8 Å². The molecule has 7 nitrogen and oxygen atoms in total. The lowest BCUT2D eigenvalue weighted by molar-refractivity contribution is -0.245. The minimum atomic E-state index is -0.527. The molecule has 0 saturated carbocycles. The number of thioether (sulfide) groups is 1. The van der Waals surface area contributed by atoms with E-state index < -0.39 is 6.29 Å². The highest BCUT2D eigenvalue weighted by Crippen LogP contribution is 2.40. The predicted molar refractivity (Wildman–Crippen MR) is 170 cm³/mol. The first kappa shape index (κ1) is 30.6. The number of ether oxygens (including phenoxy) is 3. The summed E-state index contributed by atoms with van der Waals surface area (Å²) in [7, 11) is 1.69. The van der Waals surface area contributed by atoms with Crippen LogP contribution in [0, 0.1) is 0 Å². The Hall–Kier alpha value is -3.82. The van der Waals surface area contributed by atoms with Gasteiger partial charge in [-0.1, -0.05) is 78.9 Å². The maximum absolute atomic E-state index is 11.8. The van der Waals surface area contributed by atoms with Gasteiger partial charge < -0.3 is 30.0 Å². The summed E-state index contributed by atoms with van der Waals surface area (Å²) in [6, 6.07) is 32.2. The van der Waals surface area contributed by atoms with Crippen molar-refractivity contribution in [1.29, 1.82) is 0 Å². The molecule has 1 aliphatic heterocycles. The van der Waals surface area contributed by atoms with Crippen LogP contribution in [-0.4, -0.2) is 36.6 Å². The molecule has 0 radical (unpaired) electrons. The van der Waals surface area contributed by atoms with Crippen molar-refractivity contribution < 1.29 is 24.1 Å². The fourth-order valence-corrected chi connectivity index (χ4v) is 6.09. The molecule has 1 saturated heterocycles. The third kappa shape index (κ3) is 8.18. The van der Waals surface area contributed by atoms with Crippen molar-refractivity contribution in [2.24, 2.45) is 0 Å². The van der Waals surface area contributed by atoms with E-state index in [1.165, 1.54) is 0 Å². The number of rotatable bonds is 11. The van der Waals surface area contributed by atoms with E-state index in [9.17, 15) is 9.90 Å². The molecule has 3 N–H and O–H groups in total. The van der Waals surface area contributed by atoms with Gasteiger partial charge in [-0.15, -0.1) is 11.8 Å². The molecule has 4 aromatic carbocycles. The number of aliphatic hydroxyl groups excluding tert-OH is 1. The number of hydrogen-bond donors (Lipinski definition) is 3. The molecule has 8 heteroatoms. The Morgan fingerprint density at radius 1 is 0.884 bits per heavy atom. The number of methoxy groups -OCH3 is 1. The summed E-state index contributed by atoms with van der Waals surface area (Å²) in [5.74, 6) is 1.60. The van der Waals surface area contributed by atoms with Gasteiger partial charge in [-0.2, -0.15) is 0 Å². The van der Waals surface area contributed by atoms with E-state index in [1.807, 2.05) is 61.5 Å². The number of hydrogen-bond acceptors (Lipinski definition) is 6. The molecule has 5 rings (SSSR count). The van der Waals surface area contributed by atoms with Gasteiger partial charge in [0.2, 0.25) is 0 Å². The minimum absolute atomic E-state index is 0.00959. The number of carbonyl (C=O) groups excluding carboxylic acids is 1. The number of urea groups is 1. The number of nitrogens with one attached hydrogen (secondary N) is 2. The van der Waals surface area contributed by atoms with E-state index in [0.29, 0.717) is 19.5 Å². The molecule has 4 aromatic rings. The van der Waals surface area contributed by atoms with Crippen molar-refractivity contribution in [2.45, 2.75) is 49.9 Å². The van der Waals surface area contributed by atoms with E-state index >= 15 is 0 Å². The van der Waals surface area contributed by atoms with Crippen molar-refractivity contribution in [1.82, 2.24) is 10.6 Å².